The van der Waals surface area contributed by atoms with Crippen molar-refractivity contribution in [2.75, 3.05) is 13.1 Å². The van der Waals surface area contributed by atoms with Gasteiger partial charge in [-0.2, -0.15) is 11.3 Å². The standard InChI is InChI=1S/C14H18BrN3S2.HI/c1-2-16-14(18-9-11-6-8-19-10-11)17-7-5-12-3-4-13(15)20-12;/h3-4,6,8,10H,2,5,7,9H2,1H3,(H2,16,17,18);1H. The van der Waals surface area contributed by atoms with Gasteiger partial charge in [0.05, 0.1) is 10.3 Å². The molecular weight excluding hydrogens is 481 g/mol. The summed E-state index contributed by atoms with van der Waals surface area (Å²) in [6, 6.07) is 6.36. The van der Waals surface area contributed by atoms with Crippen molar-refractivity contribution >= 4 is 68.5 Å². The van der Waals surface area contributed by atoms with Crippen LogP contribution in [0.3, 0.4) is 0 Å². The highest BCUT2D eigenvalue weighted by atomic mass is 127. The molecule has 0 aliphatic rings. The SMILES string of the molecule is CCNC(=NCc1ccsc1)NCCc1ccc(Br)s1.I. The van der Waals surface area contributed by atoms with Gasteiger partial charge in [-0.3, -0.25) is 0 Å². The first-order chi connectivity index (χ1) is 9.78. The molecule has 0 saturated carbocycles. The van der Waals surface area contributed by atoms with E-state index in [9.17, 15) is 0 Å². The highest BCUT2D eigenvalue weighted by molar-refractivity contribution is 14.0. The summed E-state index contributed by atoms with van der Waals surface area (Å²) in [5.41, 5.74) is 1.26. The fourth-order valence-electron chi connectivity index (χ4n) is 1.68. The molecule has 2 N–H and O–H groups in total. The van der Waals surface area contributed by atoms with Gasteiger partial charge in [0.25, 0.3) is 0 Å². The van der Waals surface area contributed by atoms with Gasteiger partial charge in [-0.05, 0) is 63.8 Å². The molecule has 0 unspecified atom stereocenters. The van der Waals surface area contributed by atoms with Gasteiger partial charge in [-0.1, -0.05) is 0 Å². The van der Waals surface area contributed by atoms with Crippen LogP contribution in [0.4, 0.5) is 0 Å². The molecule has 3 nitrogen and oxygen atoms in total. The molecule has 0 bridgehead atoms. The summed E-state index contributed by atoms with van der Waals surface area (Å²) in [4.78, 5) is 5.96. The second-order valence-corrected chi connectivity index (χ2v) is 7.54. The van der Waals surface area contributed by atoms with Crippen molar-refractivity contribution in [1.29, 1.82) is 0 Å². The summed E-state index contributed by atoms with van der Waals surface area (Å²) >= 11 is 6.98. The molecule has 0 aliphatic heterocycles. The van der Waals surface area contributed by atoms with Crippen molar-refractivity contribution < 1.29 is 0 Å². The van der Waals surface area contributed by atoms with E-state index in [4.69, 9.17) is 0 Å². The van der Waals surface area contributed by atoms with Gasteiger partial charge < -0.3 is 10.6 Å². The summed E-state index contributed by atoms with van der Waals surface area (Å²) < 4.78 is 1.19. The fraction of sp³-hybridized carbons (Fsp3) is 0.357. The van der Waals surface area contributed by atoms with Crippen molar-refractivity contribution in [3.63, 3.8) is 0 Å². The monoisotopic (exact) mass is 499 g/mol. The first-order valence-electron chi connectivity index (χ1n) is 6.55. The summed E-state index contributed by atoms with van der Waals surface area (Å²) in [7, 11) is 0. The number of guanidine groups is 1. The highest BCUT2D eigenvalue weighted by Crippen LogP contribution is 2.21. The molecule has 0 spiro atoms. The maximum absolute atomic E-state index is 4.59. The molecule has 2 heterocycles. The van der Waals surface area contributed by atoms with Crippen molar-refractivity contribution in [2.24, 2.45) is 4.99 Å². The quantitative estimate of drug-likeness (QED) is 0.349. The Hall–Kier alpha value is -0.120. The molecule has 0 amide bonds. The fourth-order valence-corrected chi connectivity index (χ4v) is 3.83. The lowest BCUT2D eigenvalue weighted by Crippen LogP contribution is -2.38. The van der Waals surface area contributed by atoms with Gasteiger partial charge >= 0.3 is 0 Å². The van der Waals surface area contributed by atoms with Crippen LogP contribution in [0, 0.1) is 0 Å². The van der Waals surface area contributed by atoms with Crippen LogP contribution in [0.5, 0.6) is 0 Å². The molecule has 0 fully saturated rings. The van der Waals surface area contributed by atoms with Crippen LogP contribution >= 0.6 is 62.6 Å². The smallest absolute Gasteiger partial charge is 0.191 e. The lowest BCUT2D eigenvalue weighted by molar-refractivity contribution is 0.805. The third-order valence-electron chi connectivity index (χ3n) is 2.64. The topological polar surface area (TPSA) is 36.4 Å². The predicted octanol–water partition coefficient (Wildman–Crippen LogP) is 4.49. The molecule has 116 valence electrons. The Morgan fingerprint density at radius 3 is 2.76 bits per heavy atom. The van der Waals surface area contributed by atoms with Crippen LogP contribution in [0.2, 0.25) is 0 Å². The summed E-state index contributed by atoms with van der Waals surface area (Å²) in [6.07, 6.45) is 1.01. The van der Waals surface area contributed by atoms with Crippen LogP contribution < -0.4 is 10.6 Å². The number of aliphatic imine (C=N–C) groups is 1. The van der Waals surface area contributed by atoms with Gasteiger partial charge in [-0.25, -0.2) is 4.99 Å². The minimum atomic E-state index is 0. The largest absolute Gasteiger partial charge is 0.357 e. The maximum Gasteiger partial charge on any atom is 0.191 e. The van der Waals surface area contributed by atoms with Crippen molar-refractivity contribution in [2.45, 2.75) is 19.9 Å². The maximum atomic E-state index is 4.59. The van der Waals surface area contributed by atoms with E-state index in [0.717, 1.165) is 32.0 Å². The average Bonchev–Trinajstić information content (AvgIpc) is 3.08. The van der Waals surface area contributed by atoms with Crippen LogP contribution in [0.1, 0.15) is 17.4 Å². The first kappa shape index (κ1) is 18.9. The van der Waals surface area contributed by atoms with Gasteiger partial charge in [-0.15, -0.1) is 35.3 Å². The van der Waals surface area contributed by atoms with E-state index in [0.29, 0.717) is 0 Å². The van der Waals surface area contributed by atoms with Crippen molar-refractivity contribution in [1.82, 2.24) is 10.6 Å². The second kappa shape index (κ2) is 10.6. The van der Waals surface area contributed by atoms with E-state index in [2.05, 4.69) is 67.4 Å². The Balaban J connectivity index is 0.00000220. The molecule has 21 heavy (non-hydrogen) atoms. The lowest BCUT2D eigenvalue weighted by Gasteiger charge is -2.10. The Morgan fingerprint density at radius 1 is 1.29 bits per heavy atom. The van der Waals surface area contributed by atoms with Gasteiger partial charge in [0.2, 0.25) is 0 Å². The zero-order valence-corrected chi connectivity index (χ0v) is 17.3. The van der Waals surface area contributed by atoms with Crippen LogP contribution in [-0.4, -0.2) is 19.0 Å². The molecule has 2 aromatic heterocycles. The predicted molar refractivity (Wildman–Crippen MR) is 108 cm³/mol. The van der Waals surface area contributed by atoms with E-state index >= 15 is 0 Å². The minimum Gasteiger partial charge on any atom is -0.357 e. The first-order valence-corrected chi connectivity index (χ1v) is 9.10. The number of rotatable bonds is 6. The van der Waals surface area contributed by atoms with E-state index < -0.39 is 0 Å². The number of halogens is 2. The minimum absolute atomic E-state index is 0. The number of nitrogens with zero attached hydrogens (tertiary/aromatic N) is 1. The molecule has 0 atom stereocenters. The Labute approximate surface area is 159 Å². The van der Waals surface area contributed by atoms with Crippen LogP contribution in [-0.2, 0) is 13.0 Å². The number of hydrogen-bond donors (Lipinski definition) is 2. The molecular formula is C14H19BrIN3S2. The normalized spacial score (nSPS) is 11.0. The van der Waals surface area contributed by atoms with E-state index in [1.807, 2.05) is 0 Å². The molecule has 2 rings (SSSR count). The molecule has 0 saturated heterocycles. The van der Waals surface area contributed by atoms with E-state index in [1.54, 1.807) is 22.7 Å². The Bertz CT molecular complexity index is 540. The van der Waals surface area contributed by atoms with Gasteiger partial charge in [0.1, 0.15) is 0 Å². The lowest BCUT2D eigenvalue weighted by atomic mass is 10.3. The van der Waals surface area contributed by atoms with E-state index in [1.165, 1.54) is 14.2 Å². The van der Waals surface area contributed by atoms with Gasteiger partial charge in [0.15, 0.2) is 5.96 Å². The summed E-state index contributed by atoms with van der Waals surface area (Å²) in [6.45, 7) is 4.57. The zero-order chi connectivity index (χ0) is 14.2. The van der Waals surface area contributed by atoms with E-state index in [-0.39, 0.29) is 24.0 Å². The molecule has 7 heteroatoms. The average molecular weight is 500 g/mol. The Morgan fingerprint density at radius 2 is 2.14 bits per heavy atom. The third-order valence-corrected chi connectivity index (χ3v) is 5.05. The number of hydrogen-bond acceptors (Lipinski definition) is 3. The van der Waals surface area contributed by atoms with Crippen LogP contribution in [0.25, 0.3) is 0 Å². The van der Waals surface area contributed by atoms with Crippen molar-refractivity contribution in [3.05, 3.63) is 43.2 Å². The molecule has 2 aromatic rings. The number of nitrogens with one attached hydrogen (secondary N) is 2. The molecule has 0 aliphatic carbocycles. The highest BCUT2D eigenvalue weighted by Gasteiger charge is 2.00. The Kier molecular flexibility index (Phi) is 9.54. The third kappa shape index (κ3) is 7.12. The summed E-state index contributed by atoms with van der Waals surface area (Å²) in [5, 5.41) is 10.9. The van der Waals surface area contributed by atoms with Crippen molar-refractivity contribution in [3.8, 4) is 0 Å². The molecule has 0 radical (unpaired) electrons. The van der Waals surface area contributed by atoms with Crippen LogP contribution in [0.15, 0.2) is 37.7 Å². The van der Waals surface area contributed by atoms with Gasteiger partial charge in [0, 0.05) is 18.0 Å². The summed E-state index contributed by atoms with van der Waals surface area (Å²) in [5.74, 6) is 0.884. The number of thiophene rings is 2. The second-order valence-electron chi connectivity index (χ2n) is 4.21. The zero-order valence-electron chi connectivity index (χ0n) is 11.8. The molecule has 0 aromatic carbocycles.